The van der Waals surface area contributed by atoms with Gasteiger partial charge in [-0.15, -0.1) is 0 Å². The van der Waals surface area contributed by atoms with E-state index >= 15 is 0 Å². The van der Waals surface area contributed by atoms with Crippen molar-refractivity contribution in [2.24, 2.45) is 5.92 Å². The van der Waals surface area contributed by atoms with E-state index < -0.39 is 0 Å². The first kappa shape index (κ1) is 17.1. The largest absolute Gasteiger partial charge is 0.383 e. The minimum Gasteiger partial charge on any atom is -0.383 e. The van der Waals surface area contributed by atoms with Crippen molar-refractivity contribution in [2.45, 2.75) is 33.9 Å². The summed E-state index contributed by atoms with van der Waals surface area (Å²) < 4.78 is 5.14. The van der Waals surface area contributed by atoms with E-state index in [9.17, 15) is 0 Å². The lowest BCUT2D eigenvalue weighted by Gasteiger charge is -2.19. The highest BCUT2D eigenvalue weighted by Gasteiger charge is 2.05. The second-order valence-corrected chi connectivity index (χ2v) is 5.51. The topological polar surface area (TPSA) is 37.4 Å². The van der Waals surface area contributed by atoms with Gasteiger partial charge in [-0.1, -0.05) is 26.8 Å². The van der Waals surface area contributed by atoms with Gasteiger partial charge in [-0.05, 0) is 31.1 Å². The van der Waals surface area contributed by atoms with Crippen LogP contribution in [0.4, 0.5) is 0 Å². The fourth-order valence-electron chi connectivity index (χ4n) is 2.00. The van der Waals surface area contributed by atoms with Crippen molar-refractivity contribution < 1.29 is 4.74 Å². The van der Waals surface area contributed by atoms with Gasteiger partial charge in [0.25, 0.3) is 0 Å². The highest BCUT2D eigenvalue weighted by Crippen LogP contribution is 2.04. The molecule has 1 aromatic rings. The summed E-state index contributed by atoms with van der Waals surface area (Å²) >= 11 is 0. The number of rotatable bonds is 10. The molecule has 1 rings (SSSR count). The highest BCUT2D eigenvalue weighted by atomic mass is 16.5. The second kappa shape index (κ2) is 9.86. The van der Waals surface area contributed by atoms with Crippen LogP contribution in [0.1, 0.15) is 32.2 Å². The van der Waals surface area contributed by atoms with E-state index in [-0.39, 0.29) is 0 Å². The van der Waals surface area contributed by atoms with E-state index in [1.807, 2.05) is 0 Å². The quantitative estimate of drug-likeness (QED) is 0.713. The van der Waals surface area contributed by atoms with Gasteiger partial charge in [-0.25, -0.2) is 0 Å². The standard InChI is InChI=1S/C16H29N3O/c1-5-19(9-10-20-4)13-16-8-6-7-15(18-16)12-17-11-14(2)3/h6-8,14,17H,5,9-13H2,1-4H3. The molecule has 0 radical (unpaired) electrons. The molecule has 0 atom stereocenters. The van der Waals surface area contributed by atoms with Crippen LogP contribution in [0.3, 0.4) is 0 Å². The van der Waals surface area contributed by atoms with Crippen molar-refractivity contribution in [2.75, 3.05) is 33.4 Å². The van der Waals surface area contributed by atoms with Crippen LogP contribution in [0, 0.1) is 5.92 Å². The van der Waals surface area contributed by atoms with Gasteiger partial charge in [0.2, 0.25) is 0 Å². The van der Waals surface area contributed by atoms with E-state index in [2.05, 4.69) is 49.2 Å². The van der Waals surface area contributed by atoms with E-state index in [0.29, 0.717) is 5.92 Å². The van der Waals surface area contributed by atoms with Gasteiger partial charge in [0.05, 0.1) is 18.0 Å². The molecule has 0 aliphatic rings. The summed E-state index contributed by atoms with van der Waals surface area (Å²) in [6.07, 6.45) is 0. The Kier molecular flexibility index (Phi) is 8.42. The smallest absolute Gasteiger partial charge is 0.0589 e. The zero-order valence-electron chi connectivity index (χ0n) is 13.4. The predicted molar refractivity (Wildman–Crippen MR) is 83.6 cm³/mol. The summed E-state index contributed by atoms with van der Waals surface area (Å²) in [6, 6.07) is 6.28. The number of pyridine rings is 1. The molecule has 0 aliphatic heterocycles. The third-order valence-corrected chi connectivity index (χ3v) is 3.17. The summed E-state index contributed by atoms with van der Waals surface area (Å²) in [5.74, 6) is 0.669. The first-order chi connectivity index (χ1) is 9.65. The van der Waals surface area contributed by atoms with Gasteiger partial charge in [0.15, 0.2) is 0 Å². The number of hydrogen-bond acceptors (Lipinski definition) is 4. The van der Waals surface area contributed by atoms with Crippen LogP contribution in [0.2, 0.25) is 0 Å². The fraction of sp³-hybridized carbons (Fsp3) is 0.688. The van der Waals surface area contributed by atoms with Crippen LogP contribution >= 0.6 is 0 Å². The average molecular weight is 279 g/mol. The number of methoxy groups -OCH3 is 1. The molecule has 0 fully saturated rings. The molecular weight excluding hydrogens is 250 g/mol. The van der Waals surface area contributed by atoms with Crippen LogP contribution in [0.25, 0.3) is 0 Å². The van der Waals surface area contributed by atoms with Gasteiger partial charge >= 0.3 is 0 Å². The van der Waals surface area contributed by atoms with E-state index in [0.717, 1.165) is 50.7 Å². The van der Waals surface area contributed by atoms with Crippen molar-refractivity contribution >= 4 is 0 Å². The van der Waals surface area contributed by atoms with Gasteiger partial charge in [0.1, 0.15) is 0 Å². The molecule has 0 saturated heterocycles. The SMILES string of the molecule is CCN(CCOC)Cc1cccc(CNCC(C)C)n1. The molecule has 1 heterocycles. The summed E-state index contributed by atoms with van der Waals surface area (Å²) in [5, 5.41) is 3.43. The first-order valence-corrected chi connectivity index (χ1v) is 7.52. The summed E-state index contributed by atoms with van der Waals surface area (Å²) in [7, 11) is 1.74. The summed E-state index contributed by atoms with van der Waals surface area (Å²) in [6.45, 7) is 12.1. The summed E-state index contributed by atoms with van der Waals surface area (Å²) in [4.78, 5) is 7.06. The maximum atomic E-state index is 5.14. The van der Waals surface area contributed by atoms with Gasteiger partial charge < -0.3 is 10.1 Å². The van der Waals surface area contributed by atoms with Crippen molar-refractivity contribution in [3.05, 3.63) is 29.6 Å². The molecule has 0 spiro atoms. The average Bonchev–Trinajstić information content (AvgIpc) is 2.43. The number of ether oxygens (including phenoxy) is 1. The van der Waals surface area contributed by atoms with Crippen LogP contribution in [-0.2, 0) is 17.8 Å². The van der Waals surface area contributed by atoms with E-state index in [1.54, 1.807) is 7.11 Å². The lowest BCUT2D eigenvalue weighted by atomic mass is 10.2. The van der Waals surface area contributed by atoms with Crippen molar-refractivity contribution in [3.63, 3.8) is 0 Å². The molecule has 1 aromatic heterocycles. The monoisotopic (exact) mass is 279 g/mol. The maximum absolute atomic E-state index is 5.14. The Balaban J connectivity index is 2.49. The molecule has 0 aliphatic carbocycles. The highest BCUT2D eigenvalue weighted by molar-refractivity contribution is 5.11. The number of nitrogens with one attached hydrogen (secondary N) is 1. The molecule has 4 nitrogen and oxygen atoms in total. The predicted octanol–water partition coefficient (Wildman–Crippen LogP) is 2.30. The molecule has 0 amide bonds. The molecule has 114 valence electrons. The van der Waals surface area contributed by atoms with Gasteiger partial charge in [-0.3, -0.25) is 9.88 Å². The maximum Gasteiger partial charge on any atom is 0.0589 e. The zero-order valence-corrected chi connectivity index (χ0v) is 13.4. The number of hydrogen-bond donors (Lipinski definition) is 1. The second-order valence-electron chi connectivity index (χ2n) is 5.51. The lowest BCUT2D eigenvalue weighted by molar-refractivity contribution is 0.146. The Morgan fingerprint density at radius 3 is 2.70 bits per heavy atom. The molecule has 20 heavy (non-hydrogen) atoms. The Hall–Kier alpha value is -0.970. The fourth-order valence-corrected chi connectivity index (χ4v) is 2.00. The van der Waals surface area contributed by atoms with Crippen molar-refractivity contribution in [1.82, 2.24) is 15.2 Å². The molecule has 0 aromatic carbocycles. The Labute approximate surface area is 123 Å². The number of nitrogens with zero attached hydrogens (tertiary/aromatic N) is 2. The Bertz CT molecular complexity index is 368. The normalized spacial score (nSPS) is 11.5. The van der Waals surface area contributed by atoms with E-state index in [1.165, 1.54) is 0 Å². The minimum atomic E-state index is 0.669. The molecule has 4 heteroatoms. The third-order valence-electron chi connectivity index (χ3n) is 3.17. The van der Waals surface area contributed by atoms with Crippen LogP contribution in [-0.4, -0.2) is 43.2 Å². The van der Waals surface area contributed by atoms with Crippen molar-refractivity contribution in [3.8, 4) is 0 Å². The number of aromatic nitrogens is 1. The number of likely N-dealkylation sites (N-methyl/N-ethyl adjacent to an activating group) is 1. The van der Waals surface area contributed by atoms with Crippen LogP contribution in [0.15, 0.2) is 18.2 Å². The Morgan fingerprint density at radius 2 is 2.05 bits per heavy atom. The Morgan fingerprint density at radius 1 is 1.30 bits per heavy atom. The third kappa shape index (κ3) is 6.98. The molecule has 0 saturated carbocycles. The van der Waals surface area contributed by atoms with Crippen LogP contribution < -0.4 is 5.32 Å². The minimum absolute atomic E-state index is 0.669. The lowest BCUT2D eigenvalue weighted by Crippen LogP contribution is -2.27. The first-order valence-electron chi connectivity index (χ1n) is 7.52. The summed E-state index contributed by atoms with van der Waals surface area (Å²) in [5.41, 5.74) is 2.25. The molecular formula is C16H29N3O. The van der Waals surface area contributed by atoms with Crippen molar-refractivity contribution in [1.29, 1.82) is 0 Å². The molecule has 0 bridgehead atoms. The van der Waals surface area contributed by atoms with Gasteiger partial charge in [0, 0.05) is 26.7 Å². The van der Waals surface area contributed by atoms with Gasteiger partial charge in [-0.2, -0.15) is 0 Å². The van der Waals surface area contributed by atoms with Crippen LogP contribution in [0.5, 0.6) is 0 Å². The van der Waals surface area contributed by atoms with E-state index in [4.69, 9.17) is 9.72 Å². The zero-order chi connectivity index (χ0) is 14.8. The molecule has 0 unspecified atom stereocenters. The molecule has 1 N–H and O–H groups in total.